The van der Waals surface area contributed by atoms with Crippen LogP contribution in [0, 0.1) is 0 Å². The molecule has 0 unspecified atom stereocenters. The van der Waals surface area contributed by atoms with E-state index in [1.165, 1.54) is 5.56 Å². The highest BCUT2D eigenvalue weighted by atomic mass is 16.2. The van der Waals surface area contributed by atoms with Gasteiger partial charge in [-0.15, -0.1) is 0 Å². The van der Waals surface area contributed by atoms with Crippen molar-refractivity contribution in [2.75, 3.05) is 10.2 Å². The van der Waals surface area contributed by atoms with E-state index in [1.54, 1.807) is 12.2 Å². The first-order valence-electron chi connectivity index (χ1n) is 8.07. The highest BCUT2D eigenvalue weighted by molar-refractivity contribution is 6.02. The number of carbonyl (C=O) groups excluding carboxylic acids is 1. The third-order valence-electron chi connectivity index (χ3n) is 4.25. The Kier molecular flexibility index (Phi) is 4.47. The molecule has 1 aliphatic rings. The topological polar surface area (TPSA) is 32.3 Å². The van der Waals surface area contributed by atoms with Crippen molar-refractivity contribution >= 4 is 17.3 Å². The zero-order valence-corrected chi connectivity index (χ0v) is 13.6. The van der Waals surface area contributed by atoms with E-state index < -0.39 is 0 Å². The van der Waals surface area contributed by atoms with Crippen LogP contribution in [0.4, 0.5) is 11.4 Å². The summed E-state index contributed by atoms with van der Waals surface area (Å²) in [7, 11) is 0. The molecule has 23 heavy (non-hydrogen) atoms. The van der Waals surface area contributed by atoms with Gasteiger partial charge in [0.2, 0.25) is 0 Å². The number of allylic oxidation sites excluding steroid dienone is 1. The Hall–Kier alpha value is -2.55. The van der Waals surface area contributed by atoms with Gasteiger partial charge in [-0.1, -0.05) is 42.5 Å². The molecule has 0 spiro atoms. The van der Waals surface area contributed by atoms with Crippen LogP contribution in [-0.2, 0) is 4.79 Å². The number of nitrogens with zero attached hydrogens (tertiary/aromatic N) is 1. The molecule has 0 aliphatic carbocycles. The number of carbonyl (C=O) groups is 1. The van der Waals surface area contributed by atoms with Gasteiger partial charge >= 0.3 is 0 Å². The number of fused-ring (bicyclic) bond motifs is 1. The predicted molar refractivity (Wildman–Crippen MR) is 95.6 cm³/mol. The highest BCUT2D eigenvalue weighted by Crippen LogP contribution is 2.38. The number of para-hydroxylation sites is 2. The van der Waals surface area contributed by atoms with Crippen LogP contribution in [0.15, 0.2) is 66.7 Å². The zero-order chi connectivity index (χ0) is 16.2. The lowest BCUT2D eigenvalue weighted by atomic mass is 9.91. The molecule has 1 N–H and O–H groups in total. The van der Waals surface area contributed by atoms with Crippen molar-refractivity contribution in [1.82, 2.24) is 0 Å². The SMILES string of the molecule is CC=CC(=O)N1c2ccccc2[C@@H](Nc2ccccc2)C[C@H]1C. The predicted octanol–water partition coefficient (Wildman–Crippen LogP) is 4.54. The summed E-state index contributed by atoms with van der Waals surface area (Å²) in [6, 6.07) is 18.7. The largest absolute Gasteiger partial charge is 0.378 e. The van der Waals surface area contributed by atoms with Crippen molar-refractivity contribution in [3.63, 3.8) is 0 Å². The molecule has 0 fully saturated rings. The molecule has 0 aromatic heterocycles. The Morgan fingerprint density at radius 2 is 1.83 bits per heavy atom. The summed E-state index contributed by atoms with van der Waals surface area (Å²) in [6.45, 7) is 3.98. The van der Waals surface area contributed by atoms with E-state index >= 15 is 0 Å². The number of anilines is 2. The van der Waals surface area contributed by atoms with Crippen LogP contribution < -0.4 is 10.2 Å². The van der Waals surface area contributed by atoms with Crippen molar-refractivity contribution in [2.24, 2.45) is 0 Å². The molecule has 0 saturated carbocycles. The van der Waals surface area contributed by atoms with Gasteiger partial charge in [0.15, 0.2) is 0 Å². The van der Waals surface area contributed by atoms with Gasteiger partial charge < -0.3 is 10.2 Å². The van der Waals surface area contributed by atoms with Gasteiger partial charge in [0.1, 0.15) is 0 Å². The minimum absolute atomic E-state index is 0.0469. The molecule has 3 rings (SSSR count). The van der Waals surface area contributed by atoms with E-state index in [1.807, 2.05) is 48.2 Å². The second-order valence-electron chi connectivity index (χ2n) is 5.91. The summed E-state index contributed by atoms with van der Waals surface area (Å²) in [6.07, 6.45) is 4.32. The molecule has 2 atom stereocenters. The third kappa shape index (κ3) is 3.14. The second kappa shape index (κ2) is 6.69. The Morgan fingerprint density at radius 3 is 2.57 bits per heavy atom. The number of rotatable bonds is 3. The third-order valence-corrected chi connectivity index (χ3v) is 4.25. The van der Waals surface area contributed by atoms with E-state index in [4.69, 9.17) is 0 Å². The average molecular weight is 306 g/mol. The first-order chi connectivity index (χ1) is 11.2. The molecule has 2 aromatic rings. The van der Waals surface area contributed by atoms with Gasteiger partial charge in [-0.2, -0.15) is 0 Å². The summed E-state index contributed by atoms with van der Waals surface area (Å²) in [4.78, 5) is 14.4. The Balaban J connectivity index is 1.95. The van der Waals surface area contributed by atoms with Crippen molar-refractivity contribution in [3.8, 4) is 0 Å². The molecule has 1 aliphatic heterocycles. The van der Waals surface area contributed by atoms with Crippen LogP contribution in [0.2, 0.25) is 0 Å². The van der Waals surface area contributed by atoms with Crippen molar-refractivity contribution < 1.29 is 4.79 Å². The number of hydrogen-bond acceptors (Lipinski definition) is 2. The van der Waals surface area contributed by atoms with Crippen LogP contribution >= 0.6 is 0 Å². The maximum Gasteiger partial charge on any atom is 0.250 e. The molecule has 2 aromatic carbocycles. The molecular formula is C20H22N2O. The van der Waals surface area contributed by atoms with Gasteiger partial charge in [0.25, 0.3) is 5.91 Å². The molecule has 0 radical (unpaired) electrons. The average Bonchev–Trinajstić information content (AvgIpc) is 2.56. The van der Waals surface area contributed by atoms with Crippen LogP contribution in [0.5, 0.6) is 0 Å². The van der Waals surface area contributed by atoms with E-state index in [-0.39, 0.29) is 18.0 Å². The van der Waals surface area contributed by atoms with E-state index in [0.717, 1.165) is 17.8 Å². The molecule has 118 valence electrons. The van der Waals surface area contributed by atoms with Gasteiger partial charge in [-0.25, -0.2) is 0 Å². The lowest BCUT2D eigenvalue weighted by Gasteiger charge is -2.39. The molecular weight excluding hydrogens is 284 g/mol. The number of amides is 1. The van der Waals surface area contributed by atoms with Gasteiger partial charge in [-0.05, 0) is 50.1 Å². The summed E-state index contributed by atoms with van der Waals surface area (Å²) in [5.74, 6) is 0.0469. The molecule has 1 heterocycles. The quantitative estimate of drug-likeness (QED) is 0.844. The second-order valence-corrected chi connectivity index (χ2v) is 5.91. The molecule has 3 nitrogen and oxygen atoms in total. The zero-order valence-electron chi connectivity index (χ0n) is 13.6. The van der Waals surface area contributed by atoms with Crippen LogP contribution in [0.25, 0.3) is 0 Å². The summed E-state index contributed by atoms with van der Waals surface area (Å²) in [5.41, 5.74) is 3.28. The lowest BCUT2D eigenvalue weighted by Crippen LogP contribution is -2.43. The molecule has 0 bridgehead atoms. The summed E-state index contributed by atoms with van der Waals surface area (Å²) < 4.78 is 0. The minimum atomic E-state index is 0.0469. The standard InChI is InChI=1S/C20H22N2O/c1-3-9-20(23)22-15(2)14-18(17-12-7-8-13-19(17)22)21-16-10-5-4-6-11-16/h3-13,15,18,21H,14H2,1-2H3/t15-,18+/m1/s1. The fourth-order valence-corrected chi connectivity index (χ4v) is 3.24. The lowest BCUT2D eigenvalue weighted by molar-refractivity contribution is -0.114. The van der Waals surface area contributed by atoms with Gasteiger partial charge in [-0.3, -0.25) is 4.79 Å². The van der Waals surface area contributed by atoms with Gasteiger partial charge in [0.05, 0.1) is 6.04 Å². The Labute approximate surface area is 137 Å². The maximum atomic E-state index is 12.5. The first kappa shape index (κ1) is 15.3. The fourth-order valence-electron chi connectivity index (χ4n) is 3.24. The van der Waals surface area contributed by atoms with Crippen LogP contribution in [0.1, 0.15) is 31.9 Å². The van der Waals surface area contributed by atoms with Crippen molar-refractivity contribution in [3.05, 3.63) is 72.3 Å². The number of nitrogens with one attached hydrogen (secondary N) is 1. The van der Waals surface area contributed by atoms with Gasteiger partial charge in [0, 0.05) is 17.4 Å². The maximum absolute atomic E-state index is 12.5. The fraction of sp³-hybridized carbons (Fsp3) is 0.250. The summed E-state index contributed by atoms with van der Waals surface area (Å²) in [5, 5.41) is 3.60. The molecule has 3 heteroatoms. The summed E-state index contributed by atoms with van der Waals surface area (Å²) >= 11 is 0. The smallest absolute Gasteiger partial charge is 0.250 e. The van der Waals surface area contributed by atoms with E-state index in [9.17, 15) is 4.79 Å². The Morgan fingerprint density at radius 1 is 1.13 bits per heavy atom. The monoisotopic (exact) mass is 306 g/mol. The van der Waals surface area contributed by atoms with Crippen LogP contribution in [0.3, 0.4) is 0 Å². The number of hydrogen-bond donors (Lipinski definition) is 1. The first-order valence-corrected chi connectivity index (χ1v) is 8.07. The van der Waals surface area contributed by atoms with Crippen molar-refractivity contribution in [1.29, 1.82) is 0 Å². The normalized spacial score (nSPS) is 20.3. The Bertz CT molecular complexity index is 709. The van der Waals surface area contributed by atoms with E-state index in [0.29, 0.717) is 0 Å². The molecule has 1 amide bonds. The van der Waals surface area contributed by atoms with E-state index in [2.05, 4.69) is 30.4 Å². The number of benzene rings is 2. The highest BCUT2D eigenvalue weighted by Gasteiger charge is 2.32. The van der Waals surface area contributed by atoms with Crippen LogP contribution in [-0.4, -0.2) is 11.9 Å². The molecule has 0 saturated heterocycles. The minimum Gasteiger partial charge on any atom is -0.378 e. The van der Waals surface area contributed by atoms with Crippen molar-refractivity contribution in [2.45, 2.75) is 32.4 Å².